The Hall–Kier alpha value is -1.81. The van der Waals surface area contributed by atoms with Crippen molar-refractivity contribution in [2.24, 2.45) is 5.92 Å². The van der Waals surface area contributed by atoms with E-state index in [0.717, 1.165) is 45.6 Å². The summed E-state index contributed by atoms with van der Waals surface area (Å²) in [5, 5.41) is 1.37. The number of nitrogens with one attached hydrogen (secondary N) is 1. The Morgan fingerprint density at radius 3 is 3.04 bits per heavy atom. The third kappa shape index (κ3) is 3.07. The number of hydrogen-bond donors (Lipinski definition) is 1. The van der Waals surface area contributed by atoms with Crippen molar-refractivity contribution in [1.29, 1.82) is 0 Å². The van der Waals surface area contributed by atoms with Gasteiger partial charge in [-0.25, -0.2) is 0 Å². The van der Waals surface area contributed by atoms with Crippen molar-refractivity contribution >= 4 is 16.8 Å². The first-order chi connectivity index (χ1) is 11.7. The van der Waals surface area contributed by atoms with Gasteiger partial charge in [0.25, 0.3) is 0 Å². The van der Waals surface area contributed by atoms with Crippen LogP contribution in [0.3, 0.4) is 0 Å². The molecule has 1 aromatic carbocycles. The second kappa shape index (κ2) is 6.60. The minimum atomic E-state index is 0.337. The number of aromatic nitrogens is 1. The topological polar surface area (TPSA) is 39.3 Å². The van der Waals surface area contributed by atoms with E-state index in [1.165, 1.54) is 28.6 Å². The molecule has 4 nitrogen and oxygen atoms in total. The number of rotatable bonds is 3. The van der Waals surface area contributed by atoms with Crippen molar-refractivity contribution in [2.75, 3.05) is 26.2 Å². The van der Waals surface area contributed by atoms with Gasteiger partial charge in [0.1, 0.15) is 0 Å². The maximum atomic E-state index is 12.5. The lowest BCUT2D eigenvalue weighted by Crippen LogP contribution is -2.41. The summed E-state index contributed by atoms with van der Waals surface area (Å²) in [6.07, 6.45) is 4.16. The predicted molar refractivity (Wildman–Crippen MR) is 96.9 cm³/mol. The van der Waals surface area contributed by atoms with E-state index < -0.39 is 0 Å². The van der Waals surface area contributed by atoms with Gasteiger partial charge >= 0.3 is 0 Å². The number of nitrogens with zero attached hydrogens (tertiary/aromatic N) is 2. The Morgan fingerprint density at radius 2 is 2.17 bits per heavy atom. The largest absolute Gasteiger partial charge is 0.357 e. The number of para-hydroxylation sites is 1. The average Bonchev–Trinajstić information content (AvgIpc) is 2.97. The van der Waals surface area contributed by atoms with Gasteiger partial charge in [-0.2, -0.15) is 0 Å². The van der Waals surface area contributed by atoms with E-state index in [9.17, 15) is 4.79 Å². The molecule has 0 radical (unpaired) electrons. The van der Waals surface area contributed by atoms with Gasteiger partial charge in [-0.15, -0.1) is 0 Å². The van der Waals surface area contributed by atoms with Gasteiger partial charge in [0.15, 0.2) is 0 Å². The van der Waals surface area contributed by atoms with Crippen LogP contribution < -0.4 is 0 Å². The molecule has 4 rings (SSSR count). The van der Waals surface area contributed by atoms with Gasteiger partial charge in [-0.3, -0.25) is 9.69 Å². The fraction of sp³-hybridized carbons (Fsp3) is 0.550. The molecule has 2 aliphatic heterocycles. The van der Waals surface area contributed by atoms with Crippen LogP contribution in [0.5, 0.6) is 0 Å². The molecule has 1 aromatic heterocycles. The van der Waals surface area contributed by atoms with Crippen LogP contribution >= 0.6 is 0 Å². The second-order valence-corrected chi connectivity index (χ2v) is 7.49. The van der Waals surface area contributed by atoms with Crippen LogP contribution in [0.15, 0.2) is 24.3 Å². The number of amides is 1. The highest BCUT2D eigenvalue weighted by atomic mass is 16.2. The monoisotopic (exact) mass is 325 g/mol. The fourth-order valence-corrected chi connectivity index (χ4v) is 4.27. The van der Waals surface area contributed by atoms with Crippen molar-refractivity contribution < 1.29 is 4.79 Å². The summed E-state index contributed by atoms with van der Waals surface area (Å²) >= 11 is 0. The molecule has 0 bridgehead atoms. The normalized spacial score (nSPS) is 21.9. The van der Waals surface area contributed by atoms with Gasteiger partial charge < -0.3 is 9.88 Å². The van der Waals surface area contributed by atoms with Crippen LogP contribution in [0.2, 0.25) is 0 Å². The Bertz CT molecular complexity index is 736. The lowest BCUT2D eigenvalue weighted by molar-refractivity contribution is -0.133. The first kappa shape index (κ1) is 15.7. The summed E-state index contributed by atoms with van der Waals surface area (Å²) < 4.78 is 0. The number of fused-ring (bicyclic) bond motifs is 3. The zero-order valence-corrected chi connectivity index (χ0v) is 14.6. The molecule has 0 aliphatic carbocycles. The van der Waals surface area contributed by atoms with Crippen molar-refractivity contribution in [1.82, 2.24) is 14.8 Å². The van der Waals surface area contributed by atoms with Gasteiger partial charge in [-0.1, -0.05) is 25.1 Å². The minimum Gasteiger partial charge on any atom is -0.357 e. The van der Waals surface area contributed by atoms with Crippen LogP contribution in [-0.4, -0.2) is 46.9 Å². The van der Waals surface area contributed by atoms with Crippen LogP contribution in [-0.2, 0) is 17.8 Å². The molecule has 2 aliphatic rings. The van der Waals surface area contributed by atoms with E-state index in [1.54, 1.807) is 0 Å². The highest BCUT2D eigenvalue weighted by molar-refractivity contribution is 5.84. The quantitative estimate of drug-likeness (QED) is 0.941. The van der Waals surface area contributed by atoms with Gasteiger partial charge in [-0.05, 0) is 36.8 Å². The first-order valence-corrected chi connectivity index (χ1v) is 9.29. The first-order valence-electron chi connectivity index (χ1n) is 9.29. The molecular weight excluding hydrogens is 298 g/mol. The predicted octanol–water partition coefficient (Wildman–Crippen LogP) is 3.17. The van der Waals surface area contributed by atoms with Crippen molar-refractivity contribution in [3.05, 3.63) is 35.5 Å². The smallest absolute Gasteiger partial charge is 0.223 e. The zero-order valence-electron chi connectivity index (χ0n) is 14.6. The van der Waals surface area contributed by atoms with Crippen molar-refractivity contribution in [2.45, 2.75) is 39.2 Å². The second-order valence-electron chi connectivity index (χ2n) is 7.49. The fourth-order valence-electron chi connectivity index (χ4n) is 4.27. The molecule has 128 valence electrons. The molecule has 0 spiro atoms. The summed E-state index contributed by atoms with van der Waals surface area (Å²) in [6.45, 7) is 7.02. The Morgan fingerprint density at radius 1 is 1.29 bits per heavy atom. The number of hydrogen-bond acceptors (Lipinski definition) is 2. The number of carbonyl (C=O) groups excluding carboxylic acids is 1. The third-order valence-electron chi connectivity index (χ3n) is 5.61. The van der Waals surface area contributed by atoms with E-state index in [-0.39, 0.29) is 0 Å². The maximum Gasteiger partial charge on any atom is 0.223 e. The lowest BCUT2D eigenvalue weighted by atomic mass is 10.00. The summed E-state index contributed by atoms with van der Waals surface area (Å²) in [6, 6.07) is 8.56. The number of benzene rings is 1. The highest BCUT2D eigenvalue weighted by Gasteiger charge is 2.23. The third-order valence-corrected chi connectivity index (χ3v) is 5.61. The molecule has 2 aromatic rings. The summed E-state index contributed by atoms with van der Waals surface area (Å²) in [5.41, 5.74) is 4.04. The molecule has 1 fully saturated rings. The number of H-pyrrole nitrogens is 1. The van der Waals surface area contributed by atoms with E-state index in [1.807, 2.05) is 0 Å². The van der Waals surface area contributed by atoms with Gasteiger partial charge in [0.05, 0.1) is 0 Å². The molecular formula is C20H27N3O. The Balaban J connectivity index is 1.36. The van der Waals surface area contributed by atoms with E-state index in [4.69, 9.17) is 0 Å². The maximum absolute atomic E-state index is 12.5. The SMILES string of the molecule is C[C@H]1CCCN(C(=O)CCN2CCc3c([nH]c4ccccc34)C2)C1. The summed E-state index contributed by atoms with van der Waals surface area (Å²) in [4.78, 5) is 20.5. The molecule has 1 N–H and O–H groups in total. The zero-order chi connectivity index (χ0) is 16.5. The van der Waals surface area contributed by atoms with Gasteiger partial charge in [0, 0.05) is 55.7 Å². The number of aromatic amines is 1. The van der Waals surface area contributed by atoms with Crippen LogP contribution in [0.25, 0.3) is 10.9 Å². The van der Waals surface area contributed by atoms with Crippen LogP contribution in [0, 0.1) is 5.92 Å². The molecule has 0 saturated carbocycles. The number of likely N-dealkylation sites (tertiary alicyclic amines) is 1. The Labute approximate surface area is 143 Å². The Kier molecular flexibility index (Phi) is 4.31. The standard InChI is InChI=1S/C20H27N3O/c1-15-5-4-10-23(13-15)20(24)9-12-22-11-8-17-16-6-2-3-7-18(16)21-19(17)14-22/h2-3,6-7,15,21H,4-5,8-14H2,1H3/t15-/m0/s1. The highest BCUT2D eigenvalue weighted by Crippen LogP contribution is 2.27. The van der Waals surface area contributed by atoms with Crippen molar-refractivity contribution in [3.8, 4) is 0 Å². The number of carbonyl (C=O) groups is 1. The van der Waals surface area contributed by atoms with E-state index in [2.05, 4.69) is 46.0 Å². The lowest BCUT2D eigenvalue weighted by Gasteiger charge is -2.32. The van der Waals surface area contributed by atoms with E-state index >= 15 is 0 Å². The summed E-state index contributed by atoms with van der Waals surface area (Å²) in [5.74, 6) is 0.996. The van der Waals surface area contributed by atoms with Crippen LogP contribution in [0.4, 0.5) is 0 Å². The van der Waals surface area contributed by atoms with Gasteiger partial charge in [0.2, 0.25) is 5.91 Å². The molecule has 1 atom stereocenters. The minimum absolute atomic E-state index is 0.337. The van der Waals surface area contributed by atoms with Crippen molar-refractivity contribution in [3.63, 3.8) is 0 Å². The molecule has 1 saturated heterocycles. The number of piperidine rings is 1. The van der Waals surface area contributed by atoms with Crippen LogP contribution in [0.1, 0.15) is 37.4 Å². The summed E-state index contributed by atoms with van der Waals surface area (Å²) in [7, 11) is 0. The molecule has 4 heteroatoms. The molecule has 1 amide bonds. The molecule has 3 heterocycles. The van der Waals surface area contributed by atoms with E-state index in [0.29, 0.717) is 18.2 Å². The average molecular weight is 325 g/mol. The molecule has 24 heavy (non-hydrogen) atoms. The molecule has 0 unspecified atom stereocenters.